The highest BCUT2D eigenvalue weighted by Crippen LogP contribution is 2.39. The molecule has 0 spiro atoms. The third-order valence-electron chi connectivity index (χ3n) is 4.98. The van der Waals surface area contributed by atoms with Crippen molar-refractivity contribution in [2.45, 2.75) is 18.9 Å². The van der Waals surface area contributed by atoms with Crippen molar-refractivity contribution in [2.75, 3.05) is 6.54 Å². The fraction of sp³-hybridized carbons (Fsp3) is 0.174. The maximum Gasteiger partial charge on any atom is 0.303 e. The van der Waals surface area contributed by atoms with E-state index >= 15 is 0 Å². The van der Waals surface area contributed by atoms with Crippen LogP contribution in [0.25, 0.3) is 6.08 Å². The Labute approximate surface area is 183 Å². The molecule has 0 saturated heterocycles. The van der Waals surface area contributed by atoms with E-state index in [2.05, 4.69) is 0 Å². The molecule has 1 aliphatic heterocycles. The molecule has 1 aliphatic rings. The first kappa shape index (κ1) is 22.4. The van der Waals surface area contributed by atoms with Gasteiger partial charge < -0.3 is 15.1 Å². The largest absolute Gasteiger partial charge is 0.503 e. The molecule has 9 nitrogen and oxygen atoms in total. The summed E-state index contributed by atoms with van der Waals surface area (Å²) in [5, 5.41) is 30.6. The topological polar surface area (TPSA) is 138 Å². The van der Waals surface area contributed by atoms with Crippen molar-refractivity contribution in [3.05, 3.63) is 93.2 Å². The number of hydrogen-bond acceptors (Lipinski definition) is 6. The maximum absolute atomic E-state index is 13.0. The second-order valence-corrected chi connectivity index (χ2v) is 7.12. The van der Waals surface area contributed by atoms with Crippen LogP contribution >= 0.6 is 0 Å². The van der Waals surface area contributed by atoms with Crippen LogP contribution in [-0.2, 0) is 14.4 Å². The molecule has 1 amide bonds. The van der Waals surface area contributed by atoms with E-state index in [0.29, 0.717) is 0 Å². The fourth-order valence-electron chi connectivity index (χ4n) is 3.52. The average Bonchev–Trinajstić information content (AvgIpc) is 3.03. The van der Waals surface area contributed by atoms with Crippen LogP contribution in [0.2, 0.25) is 0 Å². The van der Waals surface area contributed by atoms with Crippen LogP contribution < -0.4 is 0 Å². The summed E-state index contributed by atoms with van der Waals surface area (Å²) in [5.74, 6) is -3.26. The molecule has 9 heteroatoms. The number of carboxylic acids is 1. The van der Waals surface area contributed by atoms with Crippen LogP contribution in [0.15, 0.2) is 72.0 Å². The number of aliphatic carboxylic acids is 1. The number of carbonyl (C=O) groups is 3. The summed E-state index contributed by atoms with van der Waals surface area (Å²) in [7, 11) is 0. The minimum Gasteiger partial charge on any atom is -0.503 e. The number of nitrogens with zero attached hydrogens (tertiary/aromatic N) is 2. The van der Waals surface area contributed by atoms with Gasteiger partial charge >= 0.3 is 5.97 Å². The van der Waals surface area contributed by atoms with Gasteiger partial charge in [-0.05, 0) is 23.6 Å². The van der Waals surface area contributed by atoms with E-state index in [9.17, 15) is 29.6 Å². The predicted molar refractivity (Wildman–Crippen MR) is 115 cm³/mol. The number of allylic oxidation sites excluding steroid dienone is 1. The van der Waals surface area contributed by atoms with Crippen LogP contribution in [0.1, 0.15) is 30.0 Å². The van der Waals surface area contributed by atoms with Gasteiger partial charge in [-0.1, -0.05) is 48.5 Å². The summed E-state index contributed by atoms with van der Waals surface area (Å²) < 4.78 is 0. The van der Waals surface area contributed by atoms with E-state index in [1.807, 2.05) is 6.07 Å². The minimum atomic E-state index is -1.08. The van der Waals surface area contributed by atoms with E-state index in [0.717, 1.165) is 5.56 Å². The van der Waals surface area contributed by atoms with E-state index in [1.54, 1.807) is 24.3 Å². The van der Waals surface area contributed by atoms with Crippen molar-refractivity contribution in [2.24, 2.45) is 0 Å². The lowest BCUT2D eigenvalue weighted by molar-refractivity contribution is -0.384. The Hall–Kier alpha value is -4.27. The number of amides is 1. The molecule has 1 heterocycles. The molecule has 0 fully saturated rings. The quantitative estimate of drug-likeness (QED) is 0.349. The predicted octanol–water partition coefficient (Wildman–Crippen LogP) is 3.44. The van der Waals surface area contributed by atoms with E-state index in [1.165, 1.54) is 41.3 Å². The van der Waals surface area contributed by atoms with E-state index < -0.39 is 34.4 Å². The second-order valence-electron chi connectivity index (χ2n) is 7.12. The number of benzene rings is 2. The molecule has 2 aromatic carbocycles. The van der Waals surface area contributed by atoms with Crippen molar-refractivity contribution in [1.29, 1.82) is 0 Å². The Morgan fingerprint density at radius 3 is 2.50 bits per heavy atom. The number of nitro benzene ring substituents is 1. The molecule has 32 heavy (non-hydrogen) atoms. The van der Waals surface area contributed by atoms with Gasteiger partial charge in [-0.3, -0.25) is 24.5 Å². The monoisotopic (exact) mass is 436 g/mol. The van der Waals surface area contributed by atoms with Crippen LogP contribution in [-0.4, -0.2) is 44.2 Å². The zero-order valence-electron chi connectivity index (χ0n) is 16.9. The first-order chi connectivity index (χ1) is 15.3. The molecule has 2 N–H and O–H groups in total. The van der Waals surface area contributed by atoms with Gasteiger partial charge in [0.1, 0.15) is 0 Å². The lowest BCUT2D eigenvalue weighted by Crippen LogP contribution is -2.32. The fourth-order valence-corrected chi connectivity index (χ4v) is 3.52. The minimum absolute atomic E-state index is 0.0538. The lowest BCUT2D eigenvalue weighted by Gasteiger charge is -2.26. The summed E-state index contributed by atoms with van der Waals surface area (Å²) in [6.07, 6.45) is 2.62. The third-order valence-corrected chi connectivity index (χ3v) is 4.98. The Balaban J connectivity index is 2.00. The highest BCUT2D eigenvalue weighted by atomic mass is 16.6. The Kier molecular flexibility index (Phi) is 6.79. The van der Waals surface area contributed by atoms with Crippen LogP contribution in [0.3, 0.4) is 0 Å². The maximum atomic E-state index is 13.0. The van der Waals surface area contributed by atoms with Crippen molar-refractivity contribution < 1.29 is 29.5 Å². The van der Waals surface area contributed by atoms with Gasteiger partial charge in [0, 0.05) is 25.1 Å². The normalized spacial score (nSPS) is 16.1. The molecule has 1 atom stereocenters. The Morgan fingerprint density at radius 1 is 1.12 bits per heavy atom. The molecule has 0 bridgehead atoms. The summed E-state index contributed by atoms with van der Waals surface area (Å²) in [6, 6.07) is 13.3. The molecule has 164 valence electrons. The van der Waals surface area contributed by atoms with E-state index in [-0.39, 0.29) is 36.2 Å². The molecule has 0 unspecified atom stereocenters. The number of aliphatic hydroxyl groups excluding tert-OH is 1. The SMILES string of the molecule is O=C(O)CCCN1C(=O)C(O)=C(C(=O)/C=C/c2ccccc2)[C@H]1c1cccc([N+](=O)[O-])c1. The number of rotatable bonds is 9. The van der Waals surface area contributed by atoms with Crippen LogP contribution in [0.4, 0.5) is 5.69 Å². The van der Waals surface area contributed by atoms with Crippen molar-refractivity contribution in [3.63, 3.8) is 0 Å². The van der Waals surface area contributed by atoms with Gasteiger partial charge in [-0.2, -0.15) is 0 Å². The highest BCUT2D eigenvalue weighted by Gasteiger charge is 2.43. The molecular weight excluding hydrogens is 416 g/mol. The number of non-ortho nitro benzene ring substituents is 1. The van der Waals surface area contributed by atoms with Gasteiger partial charge in [0.25, 0.3) is 11.6 Å². The zero-order chi connectivity index (χ0) is 23.3. The van der Waals surface area contributed by atoms with Gasteiger partial charge in [0.2, 0.25) is 0 Å². The smallest absolute Gasteiger partial charge is 0.303 e. The molecule has 2 aromatic rings. The third kappa shape index (κ3) is 4.89. The van der Waals surface area contributed by atoms with E-state index in [4.69, 9.17) is 5.11 Å². The number of carboxylic acid groups (broad SMARTS) is 1. The number of carbonyl (C=O) groups excluding carboxylic acids is 2. The number of hydrogen-bond donors (Lipinski definition) is 2. The Morgan fingerprint density at radius 2 is 1.84 bits per heavy atom. The second kappa shape index (κ2) is 9.69. The molecular formula is C23H20N2O7. The summed E-state index contributed by atoms with van der Waals surface area (Å²) in [6.45, 7) is -0.0538. The number of aliphatic hydroxyl groups is 1. The number of nitro groups is 1. The standard InChI is InChI=1S/C23H20N2O7/c26-18(12-11-15-6-2-1-3-7-15)20-21(16-8-4-9-17(14-16)25(31)32)24(23(30)22(20)29)13-5-10-19(27)28/h1-4,6-9,11-12,14,21,29H,5,10,13H2,(H,27,28)/b12-11+/t21-/m1/s1. The molecule has 0 aromatic heterocycles. The van der Waals surface area contributed by atoms with Gasteiger partial charge in [-0.25, -0.2) is 0 Å². The van der Waals surface area contributed by atoms with Gasteiger partial charge in [0.15, 0.2) is 11.5 Å². The Bertz CT molecular complexity index is 1120. The zero-order valence-corrected chi connectivity index (χ0v) is 16.9. The first-order valence-electron chi connectivity index (χ1n) is 9.77. The summed E-state index contributed by atoms with van der Waals surface area (Å²) >= 11 is 0. The first-order valence-corrected chi connectivity index (χ1v) is 9.77. The lowest BCUT2D eigenvalue weighted by atomic mass is 9.95. The number of ketones is 1. The summed E-state index contributed by atoms with van der Waals surface area (Å²) in [4.78, 5) is 48.4. The molecule has 0 aliphatic carbocycles. The van der Waals surface area contributed by atoms with Crippen molar-refractivity contribution in [1.82, 2.24) is 4.90 Å². The molecule has 3 rings (SSSR count). The van der Waals surface area contributed by atoms with Crippen molar-refractivity contribution in [3.8, 4) is 0 Å². The van der Waals surface area contributed by atoms with Crippen LogP contribution in [0.5, 0.6) is 0 Å². The van der Waals surface area contributed by atoms with Gasteiger partial charge in [0.05, 0.1) is 16.5 Å². The highest BCUT2D eigenvalue weighted by molar-refractivity contribution is 6.14. The van der Waals surface area contributed by atoms with Gasteiger partial charge in [-0.15, -0.1) is 0 Å². The summed E-state index contributed by atoms with van der Waals surface area (Å²) in [5.41, 5.74) is 0.551. The van der Waals surface area contributed by atoms with Crippen molar-refractivity contribution >= 4 is 29.4 Å². The van der Waals surface area contributed by atoms with Crippen LogP contribution in [0, 0.1) is 10.1 Å². The molecule has 0 radical (unpaired) electrons. The molecule has 0 saturated carbocycles. The average molecular weight is 436 g/mol.